The van der Waals surface area contributed by atoms with Crippen molar-refractivity contribution in [2.75, 3.05) is 0 Å². The zero-order valence-electron chi connectivity index (χ0n) is 7.06. The topological polar surface area (TPSA) is 0 Å². The van der Waals surface area contributed by atoms with Gasteiger partial charge in [0, 0.05) is 0 Å². The molecule has 0 amide bonds. The first-order valence-electron chi connectivity index (χ1n) is 0. The van der Waals surface area contributed by atoms with E-state index in [1.165, 1.54) is 0 Å². The van der Waals surface area contributed by atoms with Crippen molar-refractivity contribution in [2.24, 2.45) is 0 Å². The Labute approximate surface area is 371 Å². The van der Waals surface area contributed by atoms with Crippen molar-refractivity contribution in [3.63, 3.8) is 0 Å². The van der Waals surface area contributed by atoms with Gasteiger partial charge in [0.1, 0.15) is 0 Å². The number of rotatable bonds is 0. The van der Waals surface area contributed by atoms with Crippen LogP contribution in [0.4, 0.5) is 0 Å². The summed E-state index contributed by atoms with van der Waals surface area (Å²) < 4.78 is 0. The Morgan fingerprint density at radius 3 is 0.300 bits per heavy atom. The second-order valence-corrected chi connectivity index (χ2v) is 0. The van der Waals surface area contributed by atoms with E-state index >= 15 is 0 Å². The van der Waals surface area contributed by atoms with Crippen molar-refractivity contribution in [1.29, 1.82) is 0 Å². The Morgan fingerprint density at radius 1 is 0.300 bits per heavy atom. The molecule has 0 aliphatic carbocycles. The first kappa shape index (κ1) is 234. The molecule has 0 unspecified atom stereocenters. The molecule has 0 aliphatic rings. The minimum absolute atomic E-state index is 0. The molecule has 0 bridgehead atoms. The largest absolute Gasteiger partial charge is 3.00 e. The second-order valence-electron chi connectivity index (χ2n) is 0. The van der Waals surface area contributed by atoms with E-state index in [2.05, 4.69) is 0 Å². The fourth-order valence-corrected chi connectivity index (χ4v) is 0. The summed E-state index contributed by atoms with van der Waals surface area (Å²) in [6.07, 6.45) is 0. The molecule has 0 rings (SSSR count). The number of hydrogen-bond donors (Lipinski definition) is 0. The van der Waals surface area contributed by atoms with Crippen molar-refractivity contribution >= 4 is 0 Å². The van der Waals surface area contributed by atoms with E-state index in [1.54, 1.807) is 0 Å². The van der Waals surface area contributed by atoms with E-state index in [9.17, 15) is 0 Å². The van der Waals surface area contributed by atoms with Gasteiger partial charge in [0.2, 0.25) is 0 Å². The van der Waals surface area contributed by atoms with Crippen molar-refractivity contribution in [3.05, 3.63) is 0 Å². The summed E-state index contributed by atoms with van der Waals surface area (Å²) in [6.45, 7) is 0. The predicted molar refractivity (Wildman–Crippen MR) is 0 cm³/mol. The molecule has 0 N–H and O–H groups in total. The summed E-state index contributed by atoms with van der Waals surface area (Å²) in [7, 11) is 0. The quantitative estimate of drug-likeness (QED) is 0.212. The van der Waals surface area contributed by atoms with Gasteiger partial charge in [0.05, 0.1) is 0 Å². The van der Waals surface area contributed by atoms with Crippen LogP contribution in [0.5, 0.6) is 0 Å². The molecule has 0 saturated carbocycles. The molecule has 0 atom stereocenters. The van der Waals surface area contributed by atoms with Crippen molar-refractivity contribution in [2.45, 2.75) is 0 Å². The minimum atomic E-state index is 0. The molecule has 0 nitrogen and oxygen atoms in total. The smallest absolute Gasteiger partial charge is 1.00 e. The molecule has 0 aliphatic heterocycles. The third-order valence-corrected chi connectivity index (χ3v) is 0. The van der Waals surface area contributed by atoms with E-state index in [1.807, 2.05) is 0 Å². The molecule has 0 aromatic carbocycles. The molecule has 0 saturated heterocycles. The van der Waals surface area contributed by atoms with Gasteiger partial charge < -0.3 is 186 Å². The third kappa shape index (κ3) is 190. The van der Waals surface area contributed by atoms with Gasteiger partial charge in [-0.05, 0) is 0 Å². The van der Waals surface area contributed by atoms with Gasteiger partial charge in [0.25, 0.3) is 0 Å². The van der Waals surface area contributed by atoms with Crippen molar-refractivity contribution in [3.8, 4) is 0 Å². The van der Waals surface area contributed by atoms with Crippen LogP contribution in [0, 0.1) is 196 Å². The summed E-state index contributed by atoms with van der Waals surface area (Å²) in [6, 6.07) is 0. The average Bonchev–Trinajstić information content (AvgIpc) is 0. The van der Waals surface area contributed by atoms with Crippen LogP contribution < -0.4 is 186 Å². The Morgan fingerprint density at radius 2 is 0.300 bits per heavy atom. The molecular weight excluding hydrogens is 1380 g/mol. The minimum Gasteiger partial charge on any atom is -1.00 e. The molecule has 0 spiro atoms. The van der Waals surface area contributed by atoms with Crippen LogP contribution in [0.1, 0.15) is 0 Å². The predicted octanol–water partition coefficient (Wildman–Crippen LogP) is -44.9. The molecular formula is Cl15ErHoLuTmYb. The van der Waals surface area contributed by atoms with Gasteiger partial charge in [-0.25, -0.2) is 0 Å². The molecule has 20 heavy (non-hydrogen) atoms. The van der Waals surface area contributed by atoms with E-state index in [4.69, 9.17) is 0 Å². The molecule has 170 valence electrons. The summed E-state index contributed by atoms with van der Waals surface area (Å²) in [5.74, 6) is 0. The standard InChI is InChI=1S/15ClH.Er.Ho.Lu.Tm.Yb/h15*1H;;;;;/q;;;;;;;;;;;;;;;5*+3/p-15. The van der Waals surface area contributed by atoms with Crippen LogP contribution in [0.15, 0.2) is 0 Å². The zero-order valence-corrected chi connectivity index (χ0v) is 27.3. The number of halogens is 15. The fourth-order valence-electron chi connectivity index (χ4n) is 0. The second kappa shape index (κ2) is 211. The summed E-state index contributed by atoms with van der Waals surface area (Å²) >= 11 is 0. The Bertz CT molecular complexity index is 27.8. The molecule has 0 heterocycles. The summed E-state index contributed by atoms with van der Waals surface area (Å²) in [5.41, 5.74) is 0. The van der Waals surface area contributed by atoms with Crippen LogP contribution in [0.2, 0.25) is 0 Å². The normalized spacial score (nSPS) is 0. The number of hydrogen-bond acceptors (Lipinski definition) is 0. The monoisotopic (exact) mass is 1370 g/mol. The molecule has 20 heteroatoms. The third-order valence-electron chi connectivity index (χ3n) is 0. The van der Waals surface area contributed by atoms with Crippen LogP contribution >= 0.6 is 0 Å². The van der Waals surface area contributed by atoms with Gasteiger partial charge in [-0.2, -0.15) is 0 Å². The summed E-state index contributed by atoms with van der Waals surface area (Å²) in [5, 5.41) is 0. The van der Waals surface area contributed by atoms with Crippen LogP contribution in [-0.4, -0.2) is 0 Å². The van der Waals surface area contributed by atoms with Crippen LogP contribution in [0.25, 0.3) is 0 Å². The van der Waals surface area contributed by atoms with Gasteiger partial charge >= 0.3 is 196 Å². The molecule has 2 radical (unpaired) electrons. The maximum atomic E-state index is 0. The van der Waals surface area contributed by atoms with E-state index < -0.39 is 0 Å². The van der Waals surface area contributed by atoms with E-state index in [0.29, 0.717) is 0 Å². The Kier molecular flexibility index (Phi) is 2470. The van der Waals surface area contributed by atoms with Crippen molar-refractivity contribution < 1.29 is 382 Å². The average molecular weight is 1380 g/mol. The summed E-state index contributed by atoms with van der Waals surface area (Å²) in [4.78, 5) is 0. The molecule has 0 fully saturated rings. The first-order chi connectivity index (χ1) is 0. The van der Waals surface area contributed by atoms with Gasteiger partial charge in [-0.1, -0.05) is 0 Å². The molecule has 0 aromatic rings. The molecule has 0 aromatic heterocycles. The van der Waals surface area contributed by atoms with E-state index in [-0.39, 0.29) is 382 Å². The van der Waals surface area contributed by atoms with Gasteiger partial charge in [-0.3, -0.25) is 0 Å². The Hall–Kier alpha value is 10.8. The van der Waals surface area contributed by atoms with Crippen molar-refractivity contribution in [1.82, 2.24) is 0 Å². The van der Waals surface area contributed by atoms with Gasteiger partial charge in [0.15, 0.2) is 0 Å². The SMILES string of the molecule is [Cl-].[Cl-].[Cl-].[Cl-].[Cl-].[Cl-].[Cl-].[Cl-].[Cl-].[Cl-].[Cl-].[Cl-].[Cl-].[Cl-].[Cl-].[Er+3].[Ho+3].[Lu+3].[Tm+3].[Yb+3]. The zero-order chi connectivity index (χ0) is 0. The Balaban J connectivity index is 0. The van der Waals surface area contributed by atoms with Gasteiger partial charge in [-0.15, -0.1) is 0 Å². The fraction of sp³-hybridized carbons (Fsp3) is 0. The van der Waals surface area contributed by atoms with Crippen LogP contribution in [0.3, 0.4) is 0 Å². The first-order valence-corrected chi connectivity index (χ1v) is 0. The van der Waals surface area contributed by atoms with Crippen LogP contribution in [-0.2, 0) is 0 Å². The van der Waals surface area contributed by atoms with E-state index in [0.717, 1.165) is 0 Å². The maximum absolute atomic E-state index is 0. The maximum Gasteiger partial charge on any atom is 3.00 e.